The van der Waals surface area contributed by atoms with Crippen molar-refractivity contribution in [3.8, 4) is 6.07 Å². The monoisotopic (exact) mass is 259 g/mol. The summed E-state index contributed by atoms with van der Waals surface area (Å²) in [6.45, 7) is 1.38. The molecule has 0 aliphatic rings. The predicted molar refractivity (Wildman–Crippen MR) is 66.2 cm³/mol. The van der Waals surface area contributed by atoms with Gasteiger partial charge in [-0.3, -0.25) is 0 Å². The molecule has 2 rings (SSSR count). The first-order valence-corrected chi connectivity index (χ1v) is 5.64. The van der Waals surface area contributed by atoms with Crippen LogP contribution in [-0.4, -0.2) is 5.11 Å². The fourth-order valence-corrected chi connectivity index (χ4v) is 1.90. The second-order valence-electron chi connectivity index (χ2n) is 4.36. The van der Waals surface area contributed by atoms with Gasteiger partial charge in [-0.25, -0.2) is 8.78 Å². The van der Waals surface area contributed by atoms with E-state index in [4.69, 9.17) is 5.26 Å². The van der Waals surface area contributed by atoms with E-state index in [0.29, 0.717) is 11.1 Å². The lowest BCUT2D eigenvalue weighted by atomic mass is 9.87. The van der Waals surface area contributed by atoms with Gasteiger partial charge in [0.15, 0.2) is 11.6 Å². The molecule has 2 aromatic carbocycles. The molecule has 96 valence electrons. The summed E-state index contributed by atoms with van der Waals surface area (Å²) in [7, 11) is 0. The van der Waals surface area contributed by atoms with Gasteiger partial charge in [0.25, 0.3) is 0 Å². The summed E-state index contributed by atoms with van der Waals surface area (Å²) in [6, 6.07) is 11.7. The molecule has 1 N–H and O–H groups in total. The fraction of sp³-hybridized carbons (Fsp3) is 0.133. The summed E-state index contributed by atoms with van der Waals surface area (Å²) in [5.74, 6) is -2.08. The number of hydrogen-bond acceptors (Lipinski definition) is 2. The van der Waals surface area contributed by atoms with Gasteiger partial charge < -0.3 is 5.11 Å². The van der Waals surface area contributed by atoms with Crippen LogP contribution in [-0.2, 0) is 5.60 Å². The van der Waals surface area contributed by atoms with Crippen LogP contribution in [0.25, 0.3) is 0 Å². The molecule has 19 heavy (non-hydrogen) atoms. The molecule has 4 heteroatoms. The van der Waals surface area contributed by atoms with E-state index in [0.717, 1.165) is 6.07 Å². The second kappa shape index (κ2) is 4.79. The summed E-state index contributed by atoms with van der Waals surface area (Å²) in [6.07, 6.45) is 0. The number of rotatable bonds is 2. The highest BCUT2D eigenvalue weighted by atomic mass is 19.2. The van der Waals surface area contributed by atoms with Crippen LogP contribution in [0, 0.1) is 23.0 Å². The van der Waals surface area contributed by atoms with Crippen LogP contribution in [0.15, 0.2) is 42.5 Å². The Morgan fingerprint density at radius 2 is 1.74 bits per heavy atom. The van der Waals surface area contributed by atoms with Crippen molar-refractivity contribution >= 4 is 0 Å². The molecule has 1 atom stereocenters. The molecule has 0 saturated heterocycles. The molecule has 0 aliphatic carbocycles. The smallest absolute Gasteiger partial charge is 0.165 e. The van der Waals surface area contributed by atoms with Crippen LogP contribution >= 0.6 is 0 Å². The standard InChI is InChI=1S/C15H11F2NO/c1-15(19,11-7-5-10(9-18)6-8-11)12-3-2-4-13(16)14(12)17/h2-8,19H,1H3. The molecule has 0 spiro atoms. The van der Waals surface area contributed by atoms with Crippen LogP contribution in [0.1, 0.15) is 23.6 Å². The van der Waals surface area contributed by atoms with Gasteiger partial charge in [-0.05, 0) is 30.7 Å². The van der Waals surface area contributed by atoms with Crippen molar-refractivity contribution in [1.29, 1.82) is 5.26 Å². The largest absolute Gasteiger partial charge is 0.381 e. The Hall–Kier alpha value is -2.25. The molecule has 0 saturated carbocycles. The minimum absolute atomic E-state index is 0.141. The molecule has 1 unspecified atom stereocenters. The van der Waals surface area contributed by atoms with Gasteiger partial charge in [-0.15, -0.1) is 0 Å². The maximum Gasteiger partial charge on any atom is 0.165 e. The zero-order valence-electron chi connectivity index (χ0n) is 10.2. The van der Waals surface area contributed by atoms with Gasteiger partial charge in [0.05, 0.1) is 11.6 Å². The summed E-state index contributed by atoms with van der Waals surface area (Å²) in [4.78, 5) is 0. The zero-order chi connectivity index (χ0) is 14.0. The van der Waals surface area contributed by atoms with E-state index in [1.807, 2.05) is 6.07 Å². The van der Waals surface area contributed by atoms with E-state index in [9.17, 15) is 13.9 Å². The lowest BCUT2D eigenvalue weighted by Gasteiger charge is -2.25. The topological polar surface area (TPSA) is 44.0 Å². The van der Waals surface area contributed by atoms with Crippen molar-refractivity contribution in [2.75, 3.05) is 0 Å². The molecule has 0 fully saturated rings. The number of halogens is 2. The Morgan fingerprint density at radius 1 is 1.11 bits per heavy atom. The van der Waals surface area contributed by atoms with Crippen molar-refractivity contribution < 1.29 is 13.9 Å². The van der Waals surface area contributed by atoms with Crippen LogP contribution in [0.3, 0.4) is 0 Å². The van der Waals surface area contributed by atoms with Gasteiger partial charge in [0, 0.05) is 5.56 Å². The maximum absolute atomic E-state index is 13.7. The molecule has 2 nitrogen and oxygen atoms in total. The fourth-order valence-electron chi connectivity index (χ4n) is 1.90. The molecule has 0 amide bonds. The second-order valence-corrected chi connectivity index (χ2v) is 4.36. The van der Waals surface area contributed by atoms with Crippen molar-refractivity contribution in [1.82, 2.24) is 0 Å². The van der Waals surface area contributed by atoms with Gasteiger partial charge in [-0.2, -0.15) is 5.26 Å². The molecule has 0 heterocycles. The normalized spacial score (nSPS) is 13.6. The van der Waals surface area contributed by atoms with Crippen molar-refractivity contribution in [3.05, 3.63) is 70.8 Å². The summed E-state index contributed by atoms with van der Waals surface area (Å²) in [5.41, 5.74) is -0.993. The molecule has 0 radical (unpaired) electrons. The van der Waals surface area contributed by atoms with Crippen molar-refractivity contribution in [2.45, 2.75) is 12.5 Å². The first-order chi connectivity index (χ1) is 8.96. The highest BCUT2D eigenvalue weighted by molar-refractivity contribution is 5.40. The predicted octanol–water partition coefficient (Wildman–Crippen LogP) is 3.09. The minimum Gasteiger partial charge on any atom is -0.381 e. The van der Waals surface area contributed by atoms with E-state index in [2.05, 4.69) is 0 Å². The first-order valence-electron chi connectivity index (χ1n) is 5.64. The van der Waals surface area contributed by atoms with E-state index in [1.54, 1.807) is 0 Å². The van der Waals surface area contributed by atoms with Crippen LogP contribution in [0.2, 0.25) is 0 Å². The summed E-state index contributed by atoms with van der Waals surface area (Å²) in [5, 5.41) is 19.1. The number of nitrogens with zero attached hydrogens (tertiary/aromatic N) is 1. The summed E-state index contributed by atoms with van der Waals surface area (Å²) < 4.78 is 27.0. The lowest BCUT2D eigenvalue weighted by Crippen LogP contribution is -2.24. The third-order valence-electron chi connectivity index (χ3n) is 3.05. The minimum atomic E-state index is -1.67. The average molecular weight is 259 g/mol. The Bertz CT molecular complexity index is 642. The highest BCUT2D eigenvalue weighted by Crippen LogP contribution is 2.31. The Morgan fingerprint density at radius 3 is 2.32 bits per heavy atom. The number of nitriles is 1. The molecule has 2 aromatic rings. The Labute approximate surface area is 109 Å². The zero-order valence-corrected chi connectivity index (χ0v) is 10.2. The number of hydrogen-bond donors (Lipinski definition) is 1. The van der Waals surface area contributed by atoms with E-state index < -0.39 is 17.2 Å². The first kappa shape index (κ1) is 13.2. The maximum atomic E-state index is 13.7. The molecular weight excluding hydrogens is 248 g/mol. The van der Waals surface area contributed by atoms with Gasteiger partial charge in [0.2, 0.25) is 0 Å². The third-order valence-corrected chi connectivity index (χ3v) is 3.05. The van der Waals surface area contributed by atoms with Gasteiger partial charge >= 0.3 is 0 Å². The molecule has 0 aliphatic heterocycles. The molecule has 0 aromatic heterocycles. The van der Waals surface area contributed by atoms with Crippen LogP contribution < -0.4 is 0 Å². The molecule has 0 bridgehead atoms. The van der Waals surface area contributed by atoms with Crippen LogP contribution in [0.5, 0.6) is 0 Å². The Kier molecular flexibility index (Phi) is 3.32. The van der Waals surface area contributed by atoms with E-state index in [1.165, 1.54) is 43.3 Å². The van der Waals surface area contributed by atoms with E-state index >= 15 is 0 Å². The highest BCUT2D eigenvalue weighted by Gasteiger charge is 2.29. The number of aliphatic hydroxyl groups is 1. The van der Waals surface area contributed by atoms with E-state index in [-0.39, 0.29) is 5.56 Å². The third kappa shape index (κ3) is 2.33. The van der Waals surface area contributed by atoms with Gasteiger partial charge in [0.1, 0.15) is 5.60 Å². The lowest BCUT2D eigenvalue weighted by molar-refractivity contribution is 0.0970. The van der Waals surface area contributed by atoms with Gasteiger partial charge in [-0.1, -0.05) is 24.3 Å². The quantitative estimate of drug-likeness (QED) is 0.900. The average Bonchev–Trinajstić information content (AvgIpc) is 2.41. The number of benzene rings is 2. The van der Waals surface area contributed by atoms with Crippen molar-refractivity contribution in [3.63, 3.8) is 0 Å². The van der Waals surface area contributed by atoms with Crippen LogP contribution in [0.4, 0.5) is 8.78 Å². The summed E-state index contributed by atoms with van der Waals surface area (Å²) >= 11 is 0. The molecular formula is C15H11F2NO. The Balaban J connectivity index is 2.52. The SMILES string of the molecule is CC(O)(c1ccc(C#N)cc1)c1cccc(F)c1F. The van der Waals surface area contributed by atoms with Crippen molar-refractivity contribution in [2.24, 2.45) is 0 Å².